The quantitative estimate of drug-likeness (QED) is 0.541. The maximum absolute atomic E-state index is 13.1. The van der Waals surface area contributed by atoms with Gasteiger partial charge in [0.05, 0.1) is 5.56 Å². The lowest BCUT2D eigenvalue weighted by Gasteiger charge is -2.19. The molecule has 0 aliphatic carbocycles. The summed E-state index contributed by atoms with van der Waals surface area (Å²) in [5, 5.41) is 2.53. The summed E-state index contributed by atoms with van der Waals surface area (Å²) >= 11 is 3.34. The van der Waals surface area contributed by atoms with E-state index >= 15 is 0 Å². The molecular formula is C18H17BrF3N5O2. The lowest BCUT2D eigenvalue weighted by molar-refractivity contribution is -0.137. The second-order valence-electron chi connectivity index (χ2n) is 7.18. The summed E-state index contributed by atoms with van der Waals surface area (Å²) in [5.74, 6) is -0.377. The minimum atomic E-state index is -4.61. The molecule has 0 saturated carbocycles. The molecule has 3 heterocycles. The summed E-state index contributed by atoms with van der Waals surface area (Å²) in [6, 6.07) is 4.14. The Morgan fingerprint density at radius 2 is 1.93 bits per heavy atom. The number of amides is 1. The highest BCUT2D eigenvalue weighted by Gasteiger charge is 2.34. The summed E-state index contributed by atoms with van der Waals surface area (Å²) in [7, 11) is 0. The number of carbonyl (C=O) groups is 1. The fourth-order valence-electron chi connectivity index (χ4n) is 2.53. The molecule has 3 rings (SSSR count). The van der Waals surface area contributed by atoms with Crippen LogP contribution in [-0.2, 0) is 10.9 Å². The Balaban J connectivity index is 1.97. The first-order chi connectivity index (χ1) is 13.3. The Morgan fingerprint density at radius 1 is 1.24 bits per heavy atom. The Morgan fingerprint density at radius 3 is 2.55 bits per heavy atom. The average molecular weight is 472 g/mol. The van der Waals surface area contributed by atoms with E-state index in [1.165, 1.54) is 6.20 Å². The molecule has 3 N–H and O–H groups in total. The van der Waals surface area contributed by atoms with E-state index in [1.54, 1.807) is 43.5 Å². The lowest BCUT2D eigenvalue weighted by Crippen LogP contribution is -2.27. The van der Waals surface area contributed by atoms with E-state index in [2.05, 4.69) is 31.2 Å². The lowest BCUT2D eigenvalue weighted by atomic mass is 10.1. The Bertz CT molecular complexity index is 1090. The van der Waals surface area contributed by atoms with Crippen LogP contribution in [0.4, 0.5) is 29.6 Å². The maximum Gasteiger partial charge on any atom is 0.419 e. The van der Waals surface area contributed by atoms with Gasteiger partial charge in [-0.2, -0.15) is 13.2 Å². The fraction of sp³-hybridized carbons (Fsp3) is 0.278. The Hall–Kier alpha value is -2.82. The van der Waals surface area contributed by atoms with Crippen LogP contribution in [0.1, 0.15) is 26.3 Å². The molecule has 29 heavy (non-hydrogen) atoms. The number of pyridine rings is 2. The number of nitrogens with zero attached hydrogens (tertiary/aromatic N) is 3. The van der Waals surface area contributed by atoms with E-state index in [0.717, 1.165) is 6.07 Å². The zero-order chi connectivity index (χ0) is 21.6. The first-order valence-electron chi connectivity index (χ1n) is 8.36. The van der Waals surface area contributed by atoms with Crippen LogP contribution < -0.4 is 11.1 Å². The molecule has 0 unspecified atom stereocenters. The van der Waals surface area contributed by atoms with Crippen molar-refractivity contribution in [2.75, 3.05) is 11.1 Å². The number of nitrogen functional groups attached to an aromatic ring is 1. The number of imidazole rings is 1. The Kier molecular flexibility index (Phi) is 5.20. The second-order valence-corrected chi connectivity index (χ2v) is 7.93. The van der Waals surface area contributed by atoms with Crippen molar-refractivity contribution in [3.63, 3.8) is 0 Å². The average Bonchev–Trinajstić information content (AvgIpc) is 2.88. The highest BCUT2D eigenvalue weighted by molar-refractivity contribution is 9.10. The third-order valence-corrected chi connectivity index (χ3v) is 4.49. The number of carbonyl (C=O) groups excluding carboxylic acids is 1. The molecule has 0 saturated heterocycles. The Labute approximate surface area is 172 Å². The summed E-state index contributed by atoms with van der Waals surface area (Å²) in [5.41, 5.74) is 4.82. The molecule has 0 bridgehead atoms. The normalized spacial score (nSPS) is 12.2. The molecule has 0 aliphatic rings. The SMILES string of the molecule is CC(C)(C)OC(=O)Nc1nc2ccc(-c3cnc(N)c(C(F)(F)F)c3)cn2c1Br. The van der Waals surface area contributed by atoms with Crippen molar-refractivity contribution >= 4 is 39.3 Å². The van der Waals surface area contributed by atoms with E-state index in [-0.39, 0.29) is 11.4 Å². The number of nitrogens with one attached hydrogen (secondary N) is 1. The molecule has 3 aromatic rings. The number of alkyl halides is 3. The zero-order valence-electron chi connectivity index (χ0n) is 15.6. The molecule has 0 atom stereocenters. The van der Waals surface area contributed by atoms with Crippen LogP contribution in [0.5, 0.6) is 0 Å². The van der Waals surface area contributed by atoms with Crippen LogP contribution in [0, 0.1) is 0 Å². The van der Waals surface area contributed by atoms with Gasteiger partial charge < -0.3 is 10.5 Å². The molecule has 0 spiro atoms. The topological polar surface area (TPSA) is 94.5 Å². The van der Waals surface area contributed by atoms with Gasteiger partial charge in [-0.15, -0.1) is 0 Å². The van der Waals surface area contributed by atoms with Crippen LogP contribution >= 0.6 is 15.9 Å². The number of rotatable bonds is 2. The number of aromatic nitrogens is 3. The van der Waals surface area contributed by atoms with Gasteiger partial charge in [-0.05, 0) is 54.9 Å². The van der Waals surface area contributed by atoms with Crippen LogP contribution in [0.2, 0.25) is 0 Å². The number of hydrogen-bond donors (Lipinski definition) is 2. The largest absolute Gasteiger partial charge is 0.444 e. The third kappa shape index (κ3) is 4.61. The first-order valence-corrected chi connectivity index (χ1v) is 9.15. The summed E-state index contributed by atoms with van der Waals surface area (Å²) < 4.78 is 46.5. The van der Waals surface area contributed by atoms with Gasteiger partial charge in [0.1, 0.15) is 21.7 Å². The zero-order valence-corrected chi connectivity index (χ0v) is 17.2. The van der Waals surface area contributed by atoms with Gasteiger partial charge >= 0.3 is 12.3 Å². The van der Waals surface area contributed by atoms with Crippen LogP contribution in [0.15, 0.2) is 35.2 Å². The van der Waals surface area contributed by atoms with Crippen molar-refractivity contribution in [3.05, 3.63) is 40.8 Å². The van der Waals surface area contributed by atoms with Crippen LogP contribution in [0.25, 0.3) is 16.8 Å². The second kappa shape index (κ2) is 7.21. The van der Waals surface area contributed by atoms with E-state index < -0.39 is 29.3 Å². The summed E-state index contributed by atoms with van der Waals surface area (Å²) in [6.07, 6.45) is -2.47. The van der Waals surface area contributed by atoms with Gasteiger partial charge in [0.2, 0.25) is 0 Å². The van der Waals surface area contributed by atoms with Crippen LogP contribution in [-0.4, -0.2) is 26.1 Å². The van der Waals surface area contributed by atoms with E-state index in [9.17, 15) is 18.0 Å². The number of fused-ring (bicyclic) bond motifs is 1. The standard InChI is InChI=1S/C18H17BrF3N5O2/c1-17(2,3)29-16(28)26-15-13(19)27-8-9(4-5-12(27)25-15)10-6-11(18(20,21)22)14(23)24-7-10/h4-8H,1-3H3,(H2,23,24)(H,26,28). The molecule has 3 aromatic heterocycles. The third-order valence-electron chi connectivity index (χ3n) is 3.74. The highest BCUT2D eigenvalue weighted by Crippen LogP contribution is 2.35. The molecule has 154 valence electrons. The minimum absolute atomic E-state index is 0.211. The van der Waals surface area contributed by atoms with E-state index in [0.29, 0.717) is 15.8 Å². The summed E-state index contributed by atoms with van der Waals surface area (Å²) in [4.78, 5) is 19.9. The van der Waals surface area contributed by atoms with Crippen molar-refractivity contribution in [2.45, 2.75) is 32.5 Å². The van der Waals surface area contributed by atoms with Gasteiger partial charge in [-0.25, -0.2) is 14.8 Å². The number of halogens is 4. The fourth-order valence-corrected chi connectivity index (χ4v) is 3.00. The number of ether oxygens (including phenoxy) is 1. The first kappa shape index (κ1) is 20.9. The van der Waals surface area contributed by atoms with Gasteiger partial charge in [-0.3, -0.25) is 9.72 Å². The number of nitrogens with two attached hydrogens (primary N) is 1. The number of anilines is 2. The molecule has 0 aromatic carbocycles. The van der Waals surface area contributed by atoms with Gasteiger partial charge in [-0.1, -0.05) is 0 Å². The predicted octanol–water partition coefficient (Wildman–Crippen LogP) is 5.11. The molecule has 11 heteroatoms. The van der Waals surface area contributed by atoms with E-state index in [4.69, 9.17) is 10.5 Å². The smallest absolute Gasteiger partial charge is 0.419 e. The van der Waals surface area contributed by atoms with Gasteiger partial charge in [0, 0.05) is 23.5 Å². The maximum atomic E-state index is 13.1. The van der Waals surface area contributed by atoms with Gasteiger partial charge in [0.15, 0.2) is 5.82 Å². The van der Waals surface area contributed by atoms with Crippen molar-refractivity contribution in [3.8, 4) is 11.1 Å². The predicted molar refractivity (Wildman–Crippen MR) is 105 cm³/mol. The highest BCUT2D eigenvalue weighted by atomic mass is 79.9. The van der Waals surface area contributed by atoms with Crippen molar-refractivity contribution in [2.24, 2.45) is 0 Å². The molecule has 7 nitrogen and oxygen atoms in total. The van der Waals surface area contributed by atoms with Crippen molar-refractivity contribution < 1.29 is 22.7 Å². The van der Waals surface area contributed by atoms with Crippen molar-refractivity contribution in [1.29, 1.82) is 0 Å². The van der Waals surface area contributed by atoms with Gasteiger partial charge in [0.25, 0.3) is 0 Å². The monoisotopic (exact) mass is 471 g/mol. The molecule has 0 aliphatic heterocycles. The molecule has 0 radical (unpaired) electrons. The molecular weight excluding hydrogens is 455 g/mol. The molecule has 1 amide bonds. The van der Waals surface area contributed by atoms with E-state index in [1.807, 2.05) is 0 Å². The minimum Gasteiger partial charge on any atom is -0.444 e. The number of hydrogen-bond acceptors (Lipinski definition) is 5. The van der Waals surface area contributed by atoms with Crippen LogP contribution in [0.3, 0.4) is 0 Å². The summed E-state index contributed by atoms with van der Waals surface area (Å²) in [6.45, 7) is 5.19. The van der Waals surface area contributed by atoms with Crippen molar-refractivity contribution in [1.82, 2.24) is 14.4 Å². The molecule has 0 fully saturated rings.